The summed E-state index contributed by atoms with van der Waals surface area (Å²) in [4.78, 5) is 33.1. The summed E-state index contributed by atoms with van der Waals surface area (Å²) in [5.74, 6) is 0.0813. The predicted octanol–water partition coefficient (Wildman–Crippen LogP) is 4.78. The Morgan fingerprint density at radius 2 is 1.86 bits per heavy atom. The van der Waals surface area contributed by atoms with Crippen LogP contribution in [0, 0.1) is 5.92 Å². The van der Waals surface area contributed by atoms with Crippen LogP contribution in [0.5, 0.6) is 0 Å². The molecule has 0 spiro atoms. The second-order valence-corrected chi connectivity index (χ2v) is 7.48. The Morgan fingerprint density at radius 1 is 1.11 bits per heavy atom. The molecule has 1 aromatic carbocycles. The number of ketones is 2. The summed E-state index contributed by atoms with van der Waals surface area (Å²) < 4.78 is 0. The lowest BCUT2D eigenvalue weighted by atomic mass is 9.81. The van der Waals surface area contributed by atoms with Crippen LogP contribution in [-0.4, -0.2) is 21.5 Å². The van der Waals surface area contributed by atoms with Crippen LogP contribution in [0.3, 0.4) is 0 Å². The van der Waals surface area contributed by atoms with Gasteiger partial charge >= 0.3 is 0 Å². The molecule has 142 valence electrons. The number of carbonyl (C=O) groups is 2. The van der Waals surface area contributed by atoms with Crippen LogP contribution >= 0.6 is 0 Å². The van der Waals surface area contributed by atoms with Crippen molar-refractivity contribution in [2.45, 2.75) is 39.0 Å². The van der Waals surface area contributed by atoms with Crippen LogP contribution < -0.4 is 0 Å². The zero-order valence-corrected chi connectivity index (χ0v) is 16.1. The van der Waals surface area contributed by atoms with E-state index in [9.17, 15) is 9.59 Å². The molecule has 4 heteroatoms. The zero-order chi connectivity index (χ0) is 19.5. The molecule has 1 aliphatic rings. The van der Waals surface area contributed by atoms with E-state index in [4.69, 9.17) is 0 Å². The van der Waals surface area contributed by atoms with E-state index < -0.39 is 0 Å². The number of hydrogen-bond acceptors (Lipinski definition) is 3. The van der Waals surface area contributed by atoms with Crippen molar-refractivity contribution >= 4 is 11.6 Å². The lowest BCUT2D eigenvalue weighted by molar-refractivity contribution is -0.123. The number of benzene rings is 1. The van der Waals surface area contributed by atoms with Crippen molar-refractivity contribution in [1.29, 1.82) is 0 Å². The van der Waals surface area contributed by atoms with Gasteiger partial charge < -0.3 is 4.98 Å². The van der Waals surface area contributed by atoms with Crippen molar-refractivity contribution in [3.8, 4) is 11.3 Å². The van der Waals surface area contributed by atoms with Gasteiger partial charge in [0.2, 0.25) is 0 Å². The Labute approximate surface area is 165 Å². The molecule has 1 aliphatic carbocycles. The number of Topliss-reactive ketones (excluding diaryl/α,β-unsaturated/α-hetero) is 2. The van der Waals surface area contributed by atoms with Crippen molar-refractivity contribution in [3.63, 3.8) is 0 Å². The Morgan fingerprint density at radius 3 is 2.57 bits per heavy atom. The summed E-state index contributed by atoms with van der Waals surface area (Å²) in [7, 11) is 0. The number of carbonyl (C=O) groups excluding carboxylic acids is 2. The lowest BCUT2D eigenvalue weighted by Gasteiger charge is -2.21. The average molecular weight is 372 g/mol. The molecule has 0 aliphatic heterocycles. The molecule has 4 nitrogen and oxygen atoms in total. The highest BCUT2D eigenvalue weighted by Crippen LogP contribution is 2.36. The van der Waals surface area contributed by atoms with E-state index in [2.05, 4.69) is 22.1 Å². The standard InChI is InChI=1S/C24H24N2O2/c1-2-6-21(27)18-14-20-23(22(28)15-18)19(13-16-7-4-3-5-8-16)24(26-20)17-9-11-25-12-10-17/h3-5,7-12,18,26H,2,6,13-15H2,1H3. The van der Waals surface area contributed by atoms with E-state index in [1.54, 1.807) is 12.4 Å². The highest BCUT2D eigenvalue weighted by atomic mass is 16.1. The van der Waals surface area contributed by atoms with E-state index in [0.29, 0.717) is 25.7 Å². The molecule has 0 saturated heterocycles. The van der Waals surface area contributed by atoms with Crippen LogP contribution in [0.4, 0.5) is 0 Å². The van der Waals surface area contributed by atoms with Crippen molar-refractivity contribution in [3.05, 3.63) is 77.2 Å². The first kappa shape index (κ1) is 18.4. The monoisotopic (exact) mass is 372 g/mol. The Hall–Kier alpha value is -3.01. The number of aromatic nitrogens is 2. The fraction of sp³-hybridized carbons (Fsp3) is 0.292. The summed E-state index contributed by atoms with van der Waals surface area (Å²) in [5, 5.41) is 0. The van der Waals surface area contributed by atoms with Gasteiger partial charge in [-0.3, -0.25) is 14.6 Å². The molecule has 0 fully saturated rings. The molecule has 0 amide bonds. The number of fused-ring (bicyclic) bond motifs is 1. The molecule has 1 atom stereocenters. The van der Waals surface area contributed by atoms with Crippen LogP contribution in [-0.2, 0) is 17.6 Å². The molecule has 0 saturated carbocycles. The Bertz CT molecular complexity index is 990. The molecule has 0 radical (unpaired) electrons. The van der Waals surface area contributed by atoms with Crippen molar-refractivity contribution in [2.24, 2.45) is 5.92 Å². The summed E-state index contributed by atoms with van der Waals surface area (Å²) in [6, 6.07) is 14.1. The third-order valence-electron chi connectivity index (χ3n) is 5.49. The van der Waals surface area contributed by atoms with Gasteiger partial charge in [0.15, 0.2) is 5.78 Å². The van der Waals surface area contributed by atoms with Crippen LogP contribution in [0.15, 0.2) is 54.9 Å². The smallest absolute Gasteiger partial charge is 0.165 e. The molecular formula is C24H24N2O2. The van der Waals surface area contributed by atoms with Gasteiger partial charge in [0.1, 0.15) is 5.78 Å². The molecule has 4 rings (SSSR count). The molecular weight excluding hydrogens is 348 g/mol. The maximum Gasteiger partial charge on any atom is 0.165 e. The first-order chi connectivity index (χ1) is 13.7. The van der Waals surface area contributed by atoms with Crippen LogP contribution in [0.2, 0.25) is 0 Å². The highest BCUT2D eigenvalue weighted by molar-refractivity contribution is 6.04. The summed E-state index contributed by atoms with van der Waals surface area (Å²) in [5.41, 5.74) is 5.86. The van der Waals surface area contributed by atoms with Crippen molar-refractivity contribution < 1.29 is 9.59 Å². The van der Waals surface area contributed by atoms with E-state index in [0.717, 1.165) is 40.1 Å². The minimum Gasteiger partial charge on any atom is -0.358 e. The van der Waals surface area contributed by atoms with Gasteiger partial charge in [0.25, 0.3) is 0 Å². The average Bonchev–Trinajstić information content (AvgIpc) is 3.08. The largest absolute Gasteiger partial charge is 0.358 e. The number of hydrogen-bond donors (Lipinski definition) is 1. The summed E-state index contributed by atoms with van der Waals surface area (Å²) >= 11 is 0. The van der Waals surface area contributed by atoms with E-state index in [-0.39, 0.29) is 17.5 Å². The van der Waals surface area contributed by atoms with Crippen LogP contribution in [0.1, 0.15) is 53.4 Å². The number of nitrogens with one attached hydrogen (secondary N) is 1. The molecule has 28 heavy (non-hydrogen) atoms. The third kappa shape index (κ3) is 3.55. The second kappa shape index (κ2) is 7.93. The fourth-order valence-electron chi connectivity index (χ4n) is 4.15. The highest BCUT2D eigenvalue weighted by Gasteiger charge is 2.34. The van der Waals surface area contributed by atoms with Gasteiger partial charge in [0.05, 0.1) is 5.69 Å². The number of nitrogens with zero attached hydrogens (tertiary/aromatic N) is 1. The van der Waals surface area contributed by atoms with Gasteiger partial charge in [-0.2, -0.15) is 0 Å². The minimum atomic E-state index is -0.200. The minimum absolute atomic E-state index is 0.0817. The van der Waals surface area contributed by atoms with Gasteiger partial charge in [-0.05, 0) is 36.1 Å². The van der Waals surface area contributed by atoms with E-state index in [1.807, 2.05) is 37.3 Å². The number of aromatic amines is 1. The van der Waals surface area contributed by atoms with Gasteiger partial charge in [-0.15, -0.1) is 0 Å². The molecule has 1 unspecified atom stereocenters. The number of rotatable bonds is 6. The molecule has 2 aromatic heterocycles. The fourth-order valence-corrected chi connectivity index (χ4v) is 4.15. The Balaban J connectivity index is 1.78. The first-order valence-corrected chi connectivity index (χ1v) is 9.91. The summed E-state index contributed by atoms with van der Waals surface area (Å²) in [6.07, 6.45) is 6.51. The number of H-pyrrole nitrogens is 1. The van der Waals surface area contributed by atoms with Gasteiger partial charge in [-0.25, -0.2) is 0 Å². The van der Waals surface area contributed by atoms with E-state index >= 15 is 0 Å². The van der Waals surface area contributed by atoms with Crippen LogP contribution in [0.25, 0.3) is 11.3 Å². The second-order valence-electron chi connectivity index (χ2n) is 7.48. The maximum absolute atomic E-state index is 13.1. The maximum atomic E-state index is 13.1. The van der Waals surface area contributed by atoms with Gasteiger partial charge in [-0.1, -0.05) is 37.3 Å². The molecule has 3 aromatic rings. The predicted molar refractivity (Wildman–Crippen MR) is 109 cm³/mol. The topological polar surface area (TPSA) is 62.8 Å². The third-order valence-corrected chi connectivity index (χ3v) is 5.49. The first-order valence-electron chi connectivity index (χ1n) is 9.91. The van der Waals surface area contributed by atoms with Crippen molar-refractivity contribution in [2.75, 3.05) is 0 Å². The van der Waals surface area contributed by atoms with Gasteiger partial charge in [0, 0.05) is 54.4 Å². The number of pyridine rings is 1. The zero-order valence-electron chi connectivity index (χ0n) is 16.1. The van der Waals surface area contributed by atoms with E-state index in [1.165, 1.54) is 0 Å². The Kier molecular flexibility index (Phi) is 5.20. The quantitative estimate of drug-likeness (QED) is 0.677. The summed E-state index contributed by atoms with van der Waals surface area (Å²) in [6.45, 7) is 2.00. The van der Waals surface area contributed by atoms with Crippen molar-refractivity contribution in [1.82, 2.24) is 9.97 Å². The normalized spacial score (nSPS) is 16.0. The molecule has 0 bridgehead atoms. The lowest BCUT2D eigenvalue weighted by Crippen LogP contribution is -2.26. The molecule has 2 heterocycles. The molecule has 1 N–H and O–H groups in total. The SMILES string of the molecule is CCCC(=O)C1CC(=O)c2c([nH]c(-c3ccncc3)c2Cc2ccccc2)C1.